The summed E-state index contributed by atoms with van der Waals surface area (Å²) in [6.45, 7) is 0.518. The van der Waals surface area contributed by atoms with Crippen molar-refractivity contribution in [3.63, 3.8) is 0 Å². The third kappa shape index (κ3) is 5.71. The van der Waals surface area contributed by atoms with E-state index in [2.05, 4.69) is 29.6 Å². The largest absolute Gasteiger partial charge is 0.494 e. The quantitative estimate of drug-likeness (QED) is 0.276. The average molecular weight is 521 g/mol. The maximum Gasteiger partial charge on any atom is 0.252 e. The van der Waals surface area contributed by atoms with Crippen LogP contribution >= 0.6 is 0 Å². The van der Waals surface area contributed by atoms with Gasteiger partial charge in [-0.2, -0.15) is 0 Å². The van der Waals surface area contributed by atoms with Gasteiger partial charge in [-0.1, -0.05) is 84.9 Å². The Kier molecular flexibility index (Phi) is 8.04. The van der Waals surface area contributed by atoms with Gasteiger partial charge in [-0.25, -0.2) is 4.99 Å². The van der Waals surface area contributed by atoms with Gasteiger partial charge in [0.05, 0.1) is 6.61 Å². The van der Waals surface area contributed by atoms with Crippen molar-refractivity contribution in [2.75, 3.05) is 20.3 Å². The van der Waals surface area contributed by atoms with Gasteiger partial charge in [0.2, 0.25) is 5.90 Å². The van der Waals surface area contributed by atoms with Crippen molar-refractivity contribution in [3.05, 3.63) is 126 Å². The van der Waals surface area contributed by atoms with E-state index in [0.717, 1.165) is 27.8 Å². The van der Waals surface area contributed by atoms with Crippen molar-refractivity contribution >= 4 is 11.8 Å². The van der Waals surface area contributed by atoms with Crippen LogP contribution in [0.1, 0.15) is 29.2 Å². The summed E-state index contributed by atoms with van der Waals surface area (Å²) >= 11 is 0. The Balaban J connectivity index is 1.52. The zero-order valence-electron chi connectivity index (χ0n) is 21.9. The van der Waals surface area contributed by atoms with Gasteiger partial charge in [0, 0.05) is 32.1 Å². The van der Waals surface area contributed by atoms with Crippen molar-refractivity contribution in [2.24, 2.45) is 4.99 Å². The zero-order chi connectivity index (χ0) is 27.1. The van der Waals surface area contributed by atoms with Gasteiger partial charge in [0.25, 0.3) is 5.91 Å². The molecule has 0 saturated heterocycles. The maximum absolute atomic E-state index is 13.7. The molecule has 2 N–H and O–H groups in total. The molecule has 4 aromatic rings. The molecule has 0 radical (unpaired) electrons. The maximum atomic E-state index is 13.7. The number of rotatable bonds is 10. The van der Waals surface area contributed by atoms with Crippen LogP contribution in [0.4, 0.5) is 0 Å². The van der Waals surface area contributed by atoms with Crippen LogP contribution in [-0.2, 0) is 16.0 Å². The number of nitrogens with one attached hydrogen (secondary N) is 1. The summed E-state index contributed by atoms with van der Waals surface area (Å²) in [7, 11) is 1.64. The minimum absolute atomic E-state index is 0.0828. The fourth-order valence-corrected chi connectivity index (χ4v) is 4.89. The number of aliphatic imine (C=N–C) groups is 1. The smallest absolute Gasteiger partial charge is 0.252 e. The number of carbonyl (C=O) groups excluding carboxylic acids is 1. The number of amides is 1. The molecule has 0 unspecified atom stereocenters. The molecule has 1 heterocycles. The Labute approximate surface area is 229 Å². The van der Waals surface area contributed by atoms with E-state index in [0.29, 0.717) is 31.1 Å². The van der Waals surface area contributed by atoms with Crippen LogP contribution in [0.3, 0.4) is 0 Å². The number of ether oxygens (including phenoxy) is 2. The van der Waals surface area contributed by atoms with E-state index in [1.807, 2.05) is 84.9 Å². The van der Waals surface area contributed by atoms with E-state index in [1.54, 1.807) is 7.05 Å². The van der Waals surface area contributed by atoms with Crippen molar-refractivity contribution < 1.29 is 19.4 Å². The van der Waals surface area contributed by atoms with Crippen LogP contribution in [-0.4, -0.2) is 42.7 Å². The fourth-order valence-electron chi connectivity index (χ4n) is 4.89. The number of nitrogens with zero attached hydrogens (tertiary/aromatic N) is 1. The molecule has 1 aliphatic rings. The molecule has 0 spiro atoms. The molecular weight excluding hydrogens is 488 g/mol. The number of aliphatic hydroxyl groups is 1. The molecule has 0 aliphatic carbocycles. The van der Waals surface area contributed by atoms with E-state index in [9.17, 15) is 4.79 Å². The lowest BCUT2D eigenvalue weighted by atomic mass is 9.81. The molecule has 6 nitrogen and oxygen atoms in total. The minimum atomic E-state index is -1.20. The summed E-state index contributed by atoms with van der Waals surface area (Å²) < 4.78 is 12.2. The first kappa shape index (κ1) is 26.2. The lowest BCUT2D eigenvalue weighted by Crippen LogP contribution is -2.48. The van der Waals surface area contributed by atoms with Crippen molar-refractivity contribution in [2.45, 2.75) is 24.5 Å². The third-order valence-electron chi connectivity index (χ3n) is 6.89. The molecule has 5 rings (SSSR count). The molecule has 0 saturated carbocycles. The highest BCUT2D eigenvalue weighted by molar-refractivity contribution is 6.01. The van der Waals surface area contributed by atoms with Crippen molar-refractivity contribution in [3.8, 4) is 16.9 Å². The molecule has 2 atom stereocenters. The van der Waals surface area contributed by atoms with Gasteiger partial charge in [0.15, 0.2) is 11.6 Å². The molecule has 1 aliphatic heterocycles. The summed E-state index contributed by atoms with van der Waals surface area (Å²) in [5.41, 5.74) is 3.63. The molecule has 198 valence electrons. The fraction of sp³-hybridized carbons (Fsp3) is 0.212. The number of hydrogen-bond donors (Lipinski definition) is 2. The Morgan fingerprint density at radius 2 is 1.49 bits per heavy atom. The van der Waals surface area contributed by atoms with Crippen LogP contribution in [0.2, 0.25) is 0 Å². The minimum Gasteiger partial charge on any atom is -0.494 e. The normalized spacial score (nSPS) is 18.2. The van der Waals surface area contributed by atoms with Gasteiger partial charge in [-0.05, 0) is 46.5 Å². The highest BCUT2D eigenvalue weighted by Gasteiger charge is 2.53. The molecule has 1 amide bonds. The third-order valence-corrected chi connectivity index (χ3v) is 6.89. The summed E-state index contributed by atoms with van der Waals surface area (Å²) in [6, 6.07) is 35.7. The lowest BCUT2D eigenvalue weighted by Gasteiger charge is -2.30. The van der Waals surface area contributed by atoms with Crippen molar-refractivity contribution in [1.82, 2.24) is 5.32 Å². The van der Waals surface area contributed by atoms with E-state index < -0.39 is 11.6 Å². The summed E-state index contributed by atoms with van der Waals surface area (Å²) in [4.78, 5) is 18.7. The average Bonchev–Trinajstić information content (AvgIpc) is 3.38. The molecule has 0 fully saturated rings. The number of likely N-dealkylation sites (N-methyl/N-ethyl adjacent to an activating group) is 1. The summed E-state index contributed by atoms with van der Waals surface area (Å²) in [5.74, 6) is 0.900. The van der Waals surface area contributed by atoms with E-state index in [4.69, 9.17) is 19.6 Å². The van der Waals surface area contributed by atoms with Gasteiger partial charge >= 0.3 is 0 Å². The predicted octanol–water partition coefficient (Wildman–Crippen LogP) is 5.36. The molecule has 0 aromatic heterocycles. The second-order valence-electron chi connectivity index (χ2n) is 9.52. The standard InChI is InChI=1S/C33H32N2O4/c1-34-32(37)33(23-24-9-4-2-5-10-24)30(27-15-13-26(14-16-27)25-11-6-3-7-12-25)39-31(35-33)28-17-19-29(20-18-28)38-22-8-21-36/h2-7,9-20,30,36H,8,21-23H2,1H3,(H,34,37)/t30-,33-/m1/s1. The Bertz CT molecular complexity index is 1400. The SMILES string of the molecule is CNC(=O)[C@]1(Cc2ccccc2)N=C(c2ccc(OCCCO)cc2)O[C@@H]1c1ccc(-c2ccccc2)cc1. The van der Waals surface area contributed by atoms with E-state index >= 15 is 0 Å². The second-order valence-corrected chi connectivity index (χ2v) is 9.52. The number of hydrogen-bond acceptors (Lipinski definition) is 5. The summed E-state index contributed by atoms with van der Waals surface area (Å²) in [5, 5.41) is 11.8. The summed E-state index contributed by atoms with van der Waals surface area (Å²) in [6.07, 6.45) is 0.318. The topological polar surface area (TPSA) is 80.2 Å². The Morgan fingerprint density at radius 1 is 0.872 bits per heavy atom. The van der Waals surface area contributed by atoms with E-state index in [1.165, 1.54) is 0 Å². The van der Waals surface area contributed by atoms with Gasteiger partial charge < -0.3 is 19.9 Å². The number of carbonyl (C=O) groups is 1. The van der Waals surface area contributed by atoms with Crippen LogP contribution in [0.25, 0.3) is 11.1 Å². The number of aliphatic hydroxyl groups excluding tert-OH is 1. The Morgan fingerprint density at radius 3 is 2.13 bits per heavy atom. The second kappa shape index (κ2) is 12.0. The van der Waals surface area contributed by atoms with Crippen LogP contribution in [0, 0.1) is 0 Å². The molecule has 6 heteroatoms. The zero-order valence-corrected chi connectivity index (χ0v) is 21.9. The number of benzene rings is 4. The first-order chi connectivity index (χ1) is 19.1. The first-order valence-corrected chi connectivity index (χ1v) is 13.1. The molecule has 4 aromatic carbocycles. The van der Waals surface area contributed by atoms with Gasteiger partial charge in [0.1, 0.15) is 5.75 Å². The van der Waals surface area contributed by atoms with Crippen molar-refractivity contribution in [1.29, 1.82) is 0 Å². The van der Waals surface area contributed by atoms with Crippen LogP contribution < -0.4 is 10.1 Å². The molecule has 0 bridgehead atoms. The monoisotopic (exact) mass is 520 g/mol. The first-order valence-electron chi connectivity index (χ1n) is 13.1. The highest BCUT2D eigenvalue weighted by atomic mass is 16.5. The predicted molar refractivity (Wildman–Crippen MR) is 153 cm³/mol. The molecular formula is C33H32N2O4. The van der Waals surface area contributed by atoms with Gasteiger partial charge in [-0.15, -0.1) is 0 Å². The lowest BCUT2D eigenvalue weighted by molar-refractivity contribution is -0.128. The molecule has 39 heavy (non-hydrogen) atoms. The Hall–Kier alpha value is -4.42. The van der Waals surface area contributed by atoms with E-state index in [-0.39, 0.29) is 12.5 Å². The van der Waals surface area contributed by atoms with Crippen LogP contribution in [0.15, 0.2) is 114 Å². The van der Waals surface area contributed by atoms with Crippen LogP contribution in [0.5, 0.6) is 5.75 Å². The highest BCUT2D eigenvalue weighted by Crippen LogP contribution is 2.43. The van der Waals surface area contributed by atoms with Gasteiger partial charge in [-0.3, -0.25) is 4.79 Å².